The number of thiophene rings is 1. The summed E-state index contributed by atoms with van der Waals surface area (Å²) in [5, 5.41) is 2.76. The fourth-order valence-corrected chi connectivity index (χ4v) is 3.69. The smallest absolute Gasteiger partial charge is 0.259 e. The van der Waals surface area contributed by atoms with Crippen molar-refractivity contribution in [1.29, 1.82) is 0 Å². The van der Waals surface area contributed by atoms with Crippen LogP contribution in [-0.4, -0.2) is 10.7 Å². The second-order valence-electron chi connectivity index (χ2n) is 5.53. The molecule has 0 bridgehead atoms. The average molecular weight is 297 g/mol. The van der Waals surface area contributed by atoms with Crippen LogP contribution in [0.2, 0.25) is 0 Å². The lowest BCUT2D eigenvalue weighted by atomic mass is 10.1. The first-order chi connectivity index (χ1) is 10.2. The highest BCUT2D eigenvalue weighted by atomic mass is 32.1. The van der Waals surface area contributed by atoms with Gasteiger partial charge in [-0.25, -0.2) is 0 Å². The van der Waals surface area contributed by atoms with Gasteiger partial charge in [-0.1, -0.05) is 17.7 Å². The number of rotatable bonds is 2. The van der Waals surface area contributed by atoms with E-state index in [1.54, 1.807) is 15.9 Å². The third-order valence-electron chi connectivity index (χ3n) is 3.95. The molecule has 0 spiro atoms. The van der Waals surface area contributed by atoms with Crippen LogP contribution < -0.4 is 10.3 Å². The van der Waals surface area contributed by atoms with Crippen molar-refractivity contribution in [2.75, 3.05) is 0 Å². The van der Waals surface area contributed by atoms with Crippen molar-refractivity contribution in [3.63, 3.8) is 0 Å². The number of nitrogens with zero attached hydrogens (tertiary/aromatic N) is 1. The van der Waals surface area contributed by atoms with Crippen LogP contribution in [0.3, 0.4) is 0 Å². The second kappa shape index (κ2) is 4.74. The van der Waals surface area contributed by atoms with Crippen LogP contribution in [0.5, 0.6) is 5.75 Å². The first-order valence-corrected chi connectivity index (χ1v) is 7.91. The number of pyridine rings is 1. The Hall–Kier alpha value is -2.07. The molecule has 0 amide bonds. The SMILES string of the molecule is Cc1ccc2c(c1)CC(Cn1ccc3sccc3c1=O)O2. The quantitative estimate of drug-likeness (QED) is 0.726. The van der Waals surface area contributed by atoms with Gasteiger partial charge in [0.15, 0.2) is 0 Å². The van der Waals surface area contributed by atoms with Gasteiger partial charge in [0, 0.05) is 17.3 Å². The van der Waals surface area contributed by atoms with Crippen molar-refractivity contribution in [3.05, 3.63) is 63.4 Å². The minimum Gasteiger partial charge on any atom is -0.488 e. The molecule has 4 heteroatoms. The van der Waals surface area contributed by atoms with Crippen LogP contribution in [0.15, 0.2) is 46.7 Å². The van der Waals surface area contributed by atoms with E-state index in [0.29, 0.717) is 6.54 Å². The summed E-state index contributed by atoms with van der Waals surface area (Å²) in [5.41, 5.74) is 2.56. The summed E-state index contributed by atoms with van der Waals surface area (Å²) in [6, 6.07) is 10.2. The van der Waals surface area contributed by atoms with Crippen molar-refractivity contribution >= 4 is 21.4 Å². The van der Waals surface area contributed by atoms with Gasteiger partial charge in [-0.2, -0.15) is 0 Å². The molecule has 1 aliphatic rings. The van der Waals surface area contributed by atoms with Crippen molar-refractivity contribution in [2.24, 2.45) is 0 Å². The molecule has 0 saturated carbocycles. The molecule has 1 aliphatic heterocycles. The molecule has 1 atom stereocenters. The van der Waals surface area contributed by atoms with Crippen molar-refractivity contribution < 1.29 is 4.74 Å². The van der Waals surface area contributed by atoms with E-state index in [1.807, 2.05) is 29.8 Å². The predicted octanol–water partition coefficient (Wildman–Crippen LogP) is 3.38. The third kappa shape index (κ3) is 2.16. The minimum absolute atomic E-state index is 0.0376. The van der Waals surface area contributed by atoms with Gasteiger partial charge in [0.05, 0.1) is 11.9 Å². The van der Waals surface area contributed by atoms with Crippen molar-refractivity contribution in [3.8, 4) is 5.75 Å². The average Bonchev–Trinajstić information content (AvgIpc) is 3.07. The number of fused-ring (bicyclic) bond motifs is 2. The largest absolute Gasteiger partial charge is 0.488 e. The summed E-state index contributed by atoms with van der Waals surface area (Å²) in [5.74, 6) is 0.954. The van der Waals surface area contributed by atoms with Crippen LogP contribution in [-0.2, 0) is 13.0 Å². The Morgan fingerprint density at radius 2 is 2.24 bits per heavy atom. The molecule has 3 nitrogen and oxygen atoms in total. The van der Waals surface area contributed by atoms with Crippen molar-refractivity contribution in [2.45, 2.75) is 26.0 Å². The summed E-state index contributed by atoms with van der Waals surface area (Å²) in [6.45, 7) is 2.68. The van der Waals surface area contributed by atoms with E-state index in [1.165, 1.54) is 11.1 Å². The molecule has 2 aromatic heterocycles. The van der Waals surface area contributed by atoms with E-state index in [0.717, 1.165) is 22.3 Å². The molecule has 3 heterocycles. The first kappa shape index (κ1) is 12.7. The molecule has 106 valence electrons. The number of aryl methyl sites for hydroxylation is 1. The molecule has 0 saturated heterocycles. The molecular formula is C17H15NO2S. The fourth-order valence-electron chi connectivity index (χ4n) is 2.92. The maximum Gasteiger partial charge on any atom is 0.259 e. The number of ether oxygens (including phenoxy) is 1. The normalized spacial score (nSPS) is 16.9. The van der Waals surface area contributed by atoms with Gasteiger partial charge < -0.3 is 9.30 Å². The molecule has 0 N–H and O–H groups in total. The first-order valence-electron chi connectivity index (χ1n) is 7.03. The zero-order valence-corrected chi connectivity index (χ0v) is 12.5. The molecule has 4 rings (SSSR count). The van der Waals surface area contributed by atoms with Gasteiger partial charge in [0.1, 0.15) is 11.9 Å². The Morgan fingerprint density at radius 3 is 3.14 bits per heavy atom. The standard InChI is InChI=1S/C17H15NO2S/c1-11-2-3-15-12(8-11)9-13(20-15)10-18-6-4-16-14(17(18)19)5-7-21-16/h2-8,13H,9-10H2,1H3. The maximum absolute atomic E-state index is 12.4. The summed E-state index contributed by atoms with van der Waals surface area (Å²) in [4.78, 5) is 12.4. The van der Waals surface area contributed by atoms with Gasteiger partial charge >= 0.3 is 0 Å². The lowest BCUT2D eigenvalue weighted by Crippen LogP contribution is -2.28. The number of benzene rings is 1. The van der Waals surface area contributed by atoms with E-state index in [2.05, 4.69) is 19.1 Å². The highest BCUT2D eigenvalue weighted by Crippen LogP contribution is 2.30. The van der Waals surface area contributed by atoms with Crippen molar-refractivity contribution in [1.82, 2.24) is 4.57 Å². The Balaban J connectivity index is 1.62. The van der Waals surface area contributed by atoms with Gasteiger partial charge in [-0.15, -0.1) is 11.3 Å². The van der Waals surface area contributed by atoms with Gasteiger partial charge in [-0.3, -0.25) is 4.79 Å². The Morgan fingerprint density at radius 1 is 1.33 bits per heavy atom. The third-order valence-corrected chi connectivity index (χ3v) is 4.83. The number of aromatic nitrogens is 1. The lowest BCUT2D eigenvalue weighted by molar-refractivity contribution is 0.208. The highest BCUT2D eigenvalue weighted by molar-refractivity contribution is 7.17. The lowest BCUT2D eigenvalue weighted by Gasteiger charge is -2.12. The molecule has 0 radical (unpaired) electrons. The van der Waals surface area contributed by atoms with E-state index < -0.39 is 0 Å². The number of hydrogen-bond acceptors (Lipinski definition) is 3. The summed E-state index contributed by atoms with van der Waals surface area (Å²) in [7, 11) is 0. The molecule has 0 fully saturated rings. The molecule has 1 aromatic carbocycles. The molecule has 1 unspecified atom stereocenters. The van der Waals surface area contributed by atoms with Crippen LogP contribution in [0, 0.1) is 6.92 Å². The predicted molar refractivity (Wildman–Crippen MR) is 85.4 cm³/mol. The monoisotopic (exact) mass is 297 g/mol. The topological polar surface area (TPSA) is 31.2 Å². The van der Waals surface area contributed by atoms with E-state index >= 15 is 0 Å². The Labute approximate surface area is 126 Å². The van der Waals surface area contributed by atoms with E-state index in [4.69, 9.17) is 4.74 Å². The Kier molecular flexibility index (Phi) is 2.86. The summed E-state index contributed by atoms with van der Waals surface area (Å²) >= 11 is 1.60. The van der Waals surface area contributed by atoms with E-state index in [9.17, 15) is 4.79 Å². The molecule has 21 heavy (non-hydrogen) atoms. The molecular weight excluding hydrogens is 282 g/mol. The summed E-state index contributed by atoms with van der Waals surface area (Å²) in [6.07, 6.45) is 2.78. The zero-order valence-electron chi connectivity index (χ0n) is 11.7. The number of hydrogen-bond donors (Lipinski definition) is 0. The maximum atomic E-state index is 12.4. The second-order valence-corrected chi connectivity index (χ2v) is 6.47. The van der Waals surface area contributed by atoms with E-state index in [-0.39, 0.29) is 11.7 Å². The van der Waals surface area contributed by atoms with Gasteiger partial charge in [-0.05, 0) is 36.1 Å². The van der Waals surface area contributed by atoms with Crippen LogP contribution in [0.25, 0.3) is 10.1 Å². The Bertz CT molecular complexity index is 878. The van der Waals surface area contributed by atoms with Gasteiger partial charge in [0.2, 0.25) is 0 Å². The van der Waals surface area contributed by atoms with Crippen LogP contribution in [0.4, 0.5) is 0 Å². The highest BCUT2D eigenvalue weighted by Gasteiger charge is 2.23. The zero-order chi connectivity index (χ0) is 14.4. The van der Waals surface area contributed by atoms with Gasteiger partial charge in [0.25, 0.3) is 5.56 Å². The molecule has 0 aliphatic carbocycles. The van der Waals surface area contributed by atoms with Crippen LogP contribution >= 0.6 is 11.3 Å². The molecule has 3 aromatic rings. The summed E-state index contributed by atoms with van der Waals surface area (Å²) < 4.78 is 8.76. The fraction of sp³-hybridized carbons (Fsp3) is 0.235. The van der Waals surface area contributed by atoms with Crippen LogP contribution in [0.1, 0.15) is 11.1 Å². The minimum atomic E-state index is 0.0376.